The molecule has 16 heavy (non-hydrogen) atoms. The van der Waals surface area contributed by atoms with E-state index < -0.39 is 0 Å². The summed E-state index contributed by atoms with van der Waals surface area (Å²) >= 11 is 0. The van der Waals surface area contributed by atoms with Crippen molar-refractivity contribution >= 4 is 5.91 Å². The third-order valence-electron chi connectivity index (χ3n) is 2.48. The molecule has 6 nitrogen and oxygen atoms in total. The first kappa shape index (κ1) is 11.1. The van der Waals surface area contributed by atoms with Crippen molar-refractivity contribution in [2.75, 3.05) is 33.3 Å². The molecule has 2 rings (SSSR count). The monoisotopic (exact) mass is 225 g/mol. The molecule has 88 valence electrons. The highest BCUT2D eigenvalue weighted by molar-refractivity contribution is 5.91. The molecule has 0 aromatic carbocycles. The van der Waals surface area contributed by atoms with E-state index in [4.69, 9.17) is 9.26 Å². The minimum absolute atomic E-state index is 0.0469. The molecule has 1 N–H and O–H groups in total. The molecule has 0 radical (unpaired) electrons. The molecule has 0 bridgehead atoms. The molecule has 2 heterocycles. The lowest BCUT2D eigenvalue weighted by Crippen LogP contribution is -2.45. The van der Waals surface area contributed by atoms with Crippen LogP contribution >= 0.6 is 0 Å². The number of rotatable bonds is 3. The van der Waals surface area contributed by atoms with E-state index in [1.807, 2.05) is 0 Å². The fourth-order valence-corrected chi connectivity index (χ4v) is 1.64. The van der Waals surface area contributed by atoms with Crippen molar-refractivity contribution in [1.82, 2.24) is 15.4 Å². The van der Waals surface area contributed by atoms with Gasteiger partial charge in [0.25, 0.3) is 5.91 Å². The van der Waals surface area contributed by atoms with Crippen LogP contribution in [0.15, 0.2) is 16.8 Å². The maximum Gasteiger partial charge on any atom is 0.292 e. The number of nitrogens with zero attached hydrogens (tertiary/aromatic N) is 2. The summed E-state index contributed by atoms with van der Waals surface area (Å²) in [7, 11) is 1.73. The fourth-order valence-electron chi connectivity index (χ4n) is 1.64. The highest BCUT2D eigenvalue weighted by Crippen LogP contribution is 2.04. The number of morpholine rings is 1. The van der Waals surface area contributed by atoms with Gasteiger partial charge in [-0.2, -0.15) is 0 Å². The summed E-state index contributed by atoms with van der Waals surface area (Å²) < 4.78 is 10.3. The molecular weight excluding hydrogens is 210 g/mol. The largest absolute Gasteiger partial charge is 0.374 e. The minimum Gasteiger partial charge on any atom is -0.374 e. The lowest BCUT2D eigenvalue weighted by atomic mass is 10.3. The molecule has 1 amide bonds. The summed E-state index contributed by atoms with van der Waals surface area (Å²) in [6, 6.07) is 1.55. The van der Waals surface area contributed by atoms with E-state index in [1.165, 1.54) is 6.20 Å². The molecule has 6 heteroatoms. The molecule has 0 aliphatic carbocycles. The Balaban J connectivity index is 1.87. The predicted molar refractivity (Wildman–Crippen MR) is 56.1 cm³/mol. The van der Waals surface area contributed by atoms with Crippen LogP contribution in [-0.4, -0.2) is 55.4 Å². The van der Waals surface area contributed by atoms with E-state index in [2.05, 4.69) is 10.5 Å². The number of carbonyl (C=O) groups excluding carboxylic acids is 1. The Morgan fingerprint density at radius 2 is 2.62 bits per heavy atom. The Morgan fingerprint density at radius 1 is 1.75 bits per heavy atom. The van der Waals surface area contributed by atoms with Crippen LogP contribution in [0, 0.1) is 0 Å². The van der Waals surface area contributed by atoms with Gasteiger partial charge in [-0.25, -0.2) is 0 Å². The average Bonchev–Trinajstić information content (AvgIpc) is 2.83. The van der Waals surface area contributed by atoms with Gasteiger partial charge in [0.1, 0.15) is 0 Å². The molecule has 1 unspecified atom stereocenters. The zero-order valence-electron chi connectivity index (χ0n) is 9.18. The van der Waals surface area contributed by atoms with Crippen LogP contribution in [0.25, 0.3) is 0 Å². The number of hydrogen-bond donors (Lipinski definition) is 1. The SMILES string of the molecule is CN(CC1CNCCO1)C(=O)c1ccno1. The normalized spacial score (nSPS) is 20.7. The van der Waals surface area contributed by atoms with Gasteiger partial charge in [0, 0.05) is 32.7 Å². The molecule has 1 aromatic heterocycles. The van der Waals surface area contributed by atoms with E-state index in [1.54, 1.807) is 18.0 Å². The van der Waals surface area contributed by atoms with Crippen LogP contribution in [-0.2, 0) is 4.74 Å². The number of hydrogen-bond acceptors (Lipinski definition) is 5. The molecule has 1 atom stereocenters. The molecule has 1 fully saturated rings. The number of aromatic nitrogens is 1. The van der Waals surface area contributed by atoms with Crippen molar-refractivity contribution in [1.29, 1.82) is 0 Å². The van der Waals surface area contributed by atoms with Crippen molar-refractivity contribution in [2.45, 2.75) is 6.10 Å². The number of likely N-dealkylation sites (N-methyl/N-ethyl adjacent to an activating group) is 1. The summed E-state index contributed by atoms with van der Waals surface area (Å²) in [6.45, 7) is 2.88. The van der Waals surface area contributed by atoms with E-state index in [0.29, 0.717) is 13.2 Å². The van der Waals surface area contributed by atoms with Gasteiger partial charge in [-0.1, -0.05) is 5.16 Å². The standard InChI is InChI=1S/C10H15N3O3/c1-13(7-8-6-11-4-5-15-8)10(14)9-2-3-12-16-9/h2-3,8,11H,4-7H2,1H3. The van der Waals surface area contributed by atoms with Gasteiger partial charge in [0.2, 0.25) is 5.76 Å². The Hall–Kier alpha value is -1.40. The first-order valence-corrected chi connectivity index (χ1v) is 5.26. The smallest absolute Gasteiger partial charge is 0.292 e. The number of carbonyl (C=O) groups is 1. The lowest BCUT2D eigenvalue weighted by molar-refractivity contribution is 0.00954. The molecule has 1 aromatic rings. The minimum atomic E-state index is -0.174. The quantitative estimate of drug-likeness (QED) is 0.767. The summed E-state index contributed by atoms with van der Waals surface area (Å²) in [5.74, 6) is 0.0814. The molecule has 1 aliphatic heterocycles. The topological polar surface area (TPSA) is 67.6 Å². The van der Waals surface area contributed by atoms with Crippen LogP contribution in [0.4, 0.5) is 0 Å². The number of ether oxygens (including phenoxy) is 1. The summed E-state index contributed by atoms with van der Waals surface area (Å²) in [4.78, 5) is 13.4. The highest BCUT2D eigenvalue weighted by atomic mass is 16.5. The first-order chi connectivity index (χ1) is 7.77. The Kier molecular flexibility index (Phi) is 3.53. The van der Waals surface area contributed by atoms with Gasteiger partial charge in [0.05, 0.1) is 18.9 Å². The van der Waals surface area contributed by atoms with Gasteiger partial charge in [-0.3, -0.25) is 4.79 Å². The molecule has 0 saturated carbocycles. The van der Waals surface area contributed by atoms with Crippen LogP contribution in [0.2, 0.25) is 0 Å². The number of amides is 1. The fraction of sp³-hybridized carbons (Fsp3) is 0.600. The molecular formula is C10H15N3O3. The van der Waals surface area contributed by atoms with Gasteiger partial charge in [-0.15, -0.1) is 0 Å². The Morgan fingerprint density at radius 3 is 3.25 bits per heavy atom. The van der Waals surface area contributed by atoms with Crippen molar-refractivity contribution < 1.29 is 14.1 Å². The van der Waals surface area contributed by atoms with Crippen LogP contribution in [0.3, 0.4) is 0 Å². The second kappa shape index (κ2) is 5.09. The predicted octanol–water partition coefficient (Wildman–Crippen LogP) is -0.265. The summed E-state index contributed by atoms with van der Waals surface area (Å²) in [5.41, 5.74) is 0. The average molecular weight is 225 g/mol. The zero-order valence-corrected chi connectivity index (χ0v) is 9.18. The van der Waals surface area contributed by atoms with Crippen LogP contribution in [0.5, 0.6) is 0 Å². The van der Waals surface area contributed by atoms with Gasteiger partial charge >= 0.3 is 0 Å². The van der Waals surface area contributed by atoms with Crippen molar-refractivity contribution in [2.24, 2.45) is 0 Å². The van der Waals surface area contributed by atoms with E-state index in [-0.39, 0.29) is 17.8 Å². The second-order valence-corrected chi connectivity index (χ2v) is 3.76. The van der Waals surface area contributed by atoms with Crippen molar-refractivity contribution in [3.63, 3.8) is 0 Å². The second-order valence-electron chi connectivity index (χ2n) is 3.76. The third kappa shape index (κ3) is 2.59. The first-order valence-electron chi connectivity index (χ1n) is 5.26. The van der Waals surface area contributed by atoms with Crippen molar-refractivity contribution in [3.8, 4) is 0 Å². The van der Waals surface area contributed by atoms with Gasteiger partial charge in [0.15, 0.2) is 0 Å². The van der Waals surface area contributed by atoms with Crippen LogP contribution < -0.4 is 5.32 Å². The van der Waals surface area contributed by atoms with Gasteiger partial charge < -0.3 is 19.5 Å². The van der Waals surface area contributed by atoms with E-state index >= 15 is 0 Å². The van der Waals surface area contributed by atoms with E-state index in [9.17, 15) is 4.79 Å². The van der Waals surface area contributed by atoms with Crippen molar-refractivity contribution in [3.05, 3.63) is 18.0 Å². The summed E-state index contributed by atoms with van der Waals surface area (Å²) in [5, 5.41) is 6.72. The Labute approximate surface area is 93.5 Å². The lowest BCUT2D eigenvalue weighted by Gasteiger charge is -2.27. The third-order valence-corrected chi connectivity index (χ3v) is 2.48. The zero-order chi connectivity index (χ0) is 11.4. The van der Waals surface area contributed by atoms with Gasteiger partial charge in [-0.05, 0) is 0 Å². The Bertz CT molecular complexity index is 333. The van der Waals surface area contributed by atoms with E-state index in [0.717, 1.165) is 13.1 Å². The summed E-state index contributed by atoms with van der Waals surface area (Å²) in [6.07, 6.45) is 1.50. The highest BCUT2D eigenvalue weighted by Gasteiger charge is 2.21. The maximum atomic E-state index is 11.8. The molecule has 0 spiro atoms. The number of nitrogens with one attached hydrogen (secondary N) is 1. The van der Waals surface area contributed by atoms with Crippen LogP contribution in [0.1, 0.15) is 10.6 Å². The maximum absolute atomic E-state index is 11.8. The molecule has 1 saturated heterocycles. The molecule has 1 aliphatic rings.